The summed E-state index contributed by atoms with van der Waals surface area (Å²) >= 11 is 0. The van der Waals surface area contributed by atoms with E-state index in [1.54, 1.807) is 0 Å². The topological polar surface area (TPSA) is 8.17 Å². The number of hydrogen-bond donors (Lipinski definition) is 0. The lowest BCUT2D eigenvalue weighted by atomic mass is 9.99. The fourth-order valence-corrected chi connectivity index (χ4v) is 7.04. The first-order valence-electron chi connectivity index (χ1n) is 15.8. The first-order valence-corrected chi connectivity index (χ1v) is 15.8. The smallest absolute Gasteiger partial charge is 0.0546 e. The molecule has 0 aliphatic heterocycles. The van der Waals surface area contributed by atoms with Gasteiger partial charge in [-0.25, -0.2) is 0 Å². The average molecular weight is 587 g/mol. The molecule has 0 saturated heterocycles. The fraction of sp³-hybridized carbons (Fsp3) is 0. The number of aromatic nitrogens is 1. The number of para-hydroxylation sites is 2. The molecule has 8 aromatic carbocycles. The summed E-state index contributed by atoms with van der Waals surface area (Å²) in [4.78, 5) is 2.40. The Kier molecular flexibility index (Phi) is 6.17. The molecule has 9 rings (SSSR count). The lowest BCUT2D eigenvalue weighted by molar-refractivity contribution is 1.17. The van der Waals surface area contributed by atoms with Gasteiger partial charge in [-0.3, -0.25) is 0 Å². The normalized spacial score (nSPS) is 11.5. The van der Waals surface area contributed by atoms with E-state index in [9.17, 15) is 0 Å². The van der Waals surface area contributed by atoms with Gasteiger partial charge >= 0.3 is 0 Å². The van der Waals surface area contributed by atoms with Crippen molar-refractivity contribution in [1.82, 2.24) is 4.57 Å². The van der Waals surface area contributed by atoms with Crippen LogP contribution >= 0.6 is 0 Å². The van der Waals surface area contributed by atoms with Crippen LogP contribution in [0.25, 0.3) is 60.2 Å². The standard InChI is InChI=1S/C44H30N2/c1-2-11-31(12-3-1)32-23-25-35(26-24-32)45(43-20-10-14-34-22-21-33-13-4-5-15-38(33)44(34)43)36-27-29-37(30-28-36)46-41-18-8-6-16-39(41)40-17-7-9-19-42(40)46/h1-30H. The number of fused-ring (bicyclic) bond motifs is 6. The molecule has 0 bridgehead atoms. The van der Waals surface area contributed by atoms with Gasteiger partial charge in [-0.1, -0.05) is 127 Å². The van der Waals surface area contributed by atoms with Crippen molar-refractivity contribution in [2.24, 2.45) is 0 Å². The minimum absolute atomic E-state index is 1.11. The Morgan fingerprint density at radius 1 is 0.348 bits per heavy atom. The molecule has 0 aliphatic carbocycles. The molecule has 0 fully saturated rings. The first-order chi connectivity index (χ1) is 22.8. The lowest BCUT2D eigenvalue weighted by Gasteiger charge is -2.28. The second kappa shape index (κ2) is 10.8. The quantitative estimate of drug-likeness (QED) is 0.182. The monoisotopic (exact) mass is 586 g/mol. The summed E-state index contributed by atoms with van der Waals surface area (Å²) in [5.41, 5.74) is 9.37. The molecule has 2 heteroatoms. The molecule has 0 atom stereocenters. The summed E-state index contributed by atoms with van der Waals surface area (Å²) in [5, 5.41) is 7.50. The third kappa shape index (κ3) is 4.27. The number of hydrogen-bond acceptors (Lipinski definition) is 1. The number of anilines is 3. The van der Waals surface area contributed by atoms with Crippen molar-refractivity contribution < 1.29 is 0 Å². The fourth-order valence-electron chi connectivity index (χ4n) is 7.04. The zero-order chi connectivity index (χ0) is 30.5. The lowest BCUT2D eigenvalue weighted by Crippen LogP contribution is -2.11. The molecule has 0 spiro atoms. The van der Waals surface area contributed by atoms with E-state index < -0.39 is 0 Å². The molecule has 46 heavy (non-hydrogen) atoms. The summed E-state index contributed by atoms with van der Waals surface area (Å²) in [6.45, 7) is 0. The first kappa shape index (κ1) is 26.3. The molecule has 9 aromatic rings. The molecule has 0 radical (unpaired) electrons. The van der Waals surface area contributed by atoms with Gasteiger partial charge in [0.1, 0.15) is 0 Å². The van der Waals surface area contributed by atoms with E-state index in [0.29, 0.717) is 0 Å². The minimum Gasteiger partial charge on any atom is -0.310 e. The second-order valence-electron chi connectivity index (χ2n) is 11.8. The van der Waals surface area contributed by atoms with Crippen molar-refractivity contribution in [3.05, 3.63) is 182 Å². The molecule has 1 heterocycles. The molecule has 0 N–H and O–H groups in total. The predicted octanol–water partition coefficient (Wildman–Crippen LogP) is 12.2. The van der Waals surface area contributed by atoms with Crippen LogP contribution in [0.3, 0.4) is 0 Å². The van der Waals surface area contributed by atoms with Crippen molar-refractivity contribution in [3.63, 3.8) is 0 Å². The van der Waals surface area contributed by atoms with Gasteiger partial charge in [0, 0.05) is 33.2 Å². The van der Waals surface area contributed by atoms with Crippen LogP contribution in [0.1, 0.15) is 0 Å². The summed E-state index contributed by atoms with van der Waals surface area (Å²) in [7, 11) is 0. The van der Waals surface area contributed by atoms with Gasteiger partial charge in [0.25, 0.3) is 0 Å². The molecular weight excluding hydrogens is 556 g/mol. The summed E-state index contributed by atoms with van der Waals surface area (Å²) in [5.74, 6) is 0. The third-order valence-corrected chi connectivity index (χ3v) is 9.17. The van der Waals surface area contributed by atoms with Crippen LogP contribution in [0.4, 0.5) is 17.1 Å². The Hall–Kier alpha value is -6.12. The molecule has 1 aromatic heterocycles. The van der Waals surface area contributed by atoms with E-state index in [4.69, 9.17) is 0 Å². The Labute approximate surface area is 268 Å². The van der Waals surface area contributed by atoms with Crippen LogP contribution in [0.5, 0.6) is 0 Å². The maximum atomic E-state index is 2.40. The Morgan fingerprint density at radius 3 is 1.57 bits per heavy atom. The number of nitrogens with zero attached hydrogens (tertiary/aromatic N) is 2. The van der Waals surface area contributed by atoms with E-state index in [0.717, 1.165) is 22.7 Å². The van der Waals surface area contributed by atoms with Crippen molar-refractivity contribution in [2.45, 2.75) is 0 Å². The molecule has 0 amide bonds. The highest BCUT2D eigenvalue weighted by atomic mass is 15.1. The van der Waals surface area contributed by atoms with Gasteiger partial charge in [0.2, 0.25) is 0 Å². The average Bonchev–Trinajstić information content (AvgIpc) is 3.47. The minimum atomic E-state index is 1.11. The predicted molar refractivity (Wildman–Crippen MR) is 196 cm³/mol. The summed E-state index contributed by atoms with van der Waals surface area (Å²) in [6, 6.07) is 65.7. The highest BCUT2D eigenvalue weighted by Crippen LogP contribution is 2.42. The Balaban J connectivity index is 1.24. The summed E-state index contributed by atoms with van der Waals surface area (Å²) < 4.78 is 2.37. The van der Waals surface area contributed by atoms with Gasteiger partial charge in [0.05, 0.1) is 16.7 Å². The van der Waals surface area contributed by atoms with Crippen LogP contribution in [0.2, 0.25) is 0 Å². The zero-order valence-corrected chi connectivity index (χ0v) is 25.2. The molecular formula is C44H30N2. The van der Waals surface area contributed by atoms with Gasteiger partial charge in [-0.2, -0.15) is 0 Å². The third-order valence-electron chi connectivity index (χ3n) is 9.17. The Bertz CT molecular complexity index is 2450. The van der Waals surface area contributed by atoms with Crippen molar-refractivity contribution in [3.8, 4) is 16.8 Å². The highest BCUT2D eigenvalue weighted by Gasteiger charge is 2.18. The molecule has 2 nitrogen and oxygen atoms in total. The molecule has 0 unspecified atom stereocenters. The maximum absolute atomic E-state index is 2.40. The van der Waals surface area contributed by atoms with Crippen LogP contribution in [0.15, 0.2) is 182 Å². The van der Waals surface area contributed by atoms with Crippen LogP contribution in [-0.2, 0) is 0 Å². The van der Waals surface area contributed by atoms with Gasteiger partial charge in [-0.05, 0) is 81.9 Å². The van der Waals surface area contributed by atoms with Crippen LogP contribution in [-0.4, -0.2) is 4.57 Å². The number of rotatable bonds is 5. The largest absolute Gasteiger partial charge is 0.310 e. The second-order valence-corrected chi connectivity index (χ2v) is 11.8. The van der Waals surface area contributed by atoms with E-state index >= 15 is 0 Å². The van der Waals surface area contributed by atoms with E-state index in [1.807, 2.05) is 0 Å². The van der Waals surface area contributed by atoms with Crippen molar-refractivity contribution in [2.75, 3.05) is 4.90 Å². The maximum Gasteiger partial charge on any atom is 0.0546 e. The van der Waals surface area contributed by atoms with Crippen LogP contribution in [0, 0.1) is 0 Å². The SMILES string of the molecule is c1ccc(-c2ccc(N(c3ccc(-n4c5ccccc5c5ccccc54)cc3)c3cccc4ccc5ccccc5c34)cc2)cc1. The Morgan fingerprint density at radius 2 is 0.870 bits per heavy atom. The zero-order valence-electron chi connectivity index (χ0n) is 25.2. The van der Waals surface area contributed by atoms with Gasteiger partial charge in [0.15, 0.2) is 0 Å². The van der Waals surface area contributed by atoms with Crippen molar-refractivity contribution in [1.29, 1.82) is 0 Å². The van der Waals surface area contributed by atoms with E-state index in [2.05, 4.69) is 191 Å². The molecule has 0 aliphatic rings. The number of benzene rings is 8. The molecule has 0 saturated carbocycles. The van der Waals surface area contributed by atoms with E-state index in [-0.39, 0.29) is 0 Å². The molecule has 216 valence electrons. The van der Waals surface area contributed by atoms with Gasteiger partial charge in [-0.15, -0.1) is 0 Å². The van der Waals surface area contributed by atoms with E-state index in [1.165, 1.54) is 54.5 Å². The van der Waals surface area contributed by atoms with Crippen molar-refractivity contribution >= 4 is 60.4 Å². The summed E-state index contributed by atoms with van der Waals surface area (Å²) in [6.07, 6.45) is 0. The van der Waals surface area contributed by atoms with Crippen LogP contribution < -0.4 is 4.90 Å². The highest BCUT2D eigenvalue weighted by molar-refractivity contribution is 6.15. The van der Waals surface area contributed by atoms with Gasteiger partial charge < -0.3 is 9.47 Å².